The van der Waals surface area contributed by atoms with Crippen molar-refractivity contribution in [2.45, 2.75) is 0 Å². The second-order valence-corrected chi connectivity index (χ2v) is 3.60. The molecule has 0 fully saturated rings. The fourth-order valence-corrected chi connectivity index (χ4v) is 1.19. The standard InChI is InChI=1S/C8H6Cl2O3.C2H7N.Na.H/c9-5-1-2-7(6(10)3-5)13-4-8(11)12;1-3-2;;/h1-3H,4H2,(H,11,12);3H,1-2H3;;. The summed E-state index contributed by atoms with van der Waals surface area (Å²) in [4.78, 5) is 10.2. The van der Waals surface area contributed by atoms with Gasteiger partial charge in [-0.2, -0.15) is 0 Å². The second kappa shape index (κ2) is 11.1. The average Bonchev–Trinajstić information content (AvgIpc) is 2.17. The Morgan fingerprint density at radius 1 is 1.41 bits per heavy atom. The first-order valence-electron chi connectivity index (χ1n) is 4.39. The number of benzene rings is 1. The van der Waals surface area contributed by atoms with Crippen LogP contribution < -0.4 is 10.1 Å². The van der Waals surface area contributed by atoms with Crippen molar-refractivity contribution >= 4 is 58.7 Å². The van der Waals surface area contributed by atoms with Gasteiger partial charge in [-0.1, -0.05) is 23.2 Å². The fourth-order valence-electron chi connectivity index (χ4n) is 0.732. The Hall–Kier alpha value is 0.0300. The van der Waals surface area contributed by atoms with E-state index in [1.54, 1.807) is 6.07 Å². The van der Waals surface area contributed by atoms with Gasteiger partial charge in [-0.05, 0) is 32.3 Å². The van der Waals surface area contributed by atoms with Gasteiger partial charge in [-0.15, -0.1) is 0 Å². The topological polar surface area (TPSA) is 58.6 Å². The molecule has 17 heavy (non-hydrogen) atoms. The number of hydrogen-bond acceptors (Lipinski definition) is 3. The molecule has 92 valence electrons. The van der Waals surface area contributed by atoms with Crippen LogP contribution in [0.5, 0.6) is 5.75 Å². The molecule has 0 aliphatic carbocycles. The number of halogens is 2. The van der Waals surface area contributed by atoms with E-state index in [4.69, 9.17) is 33.0 Å². The molecule has 0 bridgehead atoms. The Labute approximate surface area is 133 Å². The van der Waals surface area contributed by atoms with Crippen LogP contribution in [-0.2, 0) is 4.79 Å². The van der Waals surface area contributed by atoms with E-state index in [0.29, 0.717) is 15.8 Å². The molecule has 1 aromatic carbocycles. The van der Waals surface area contributed by atoms with E-state index in [2.05, 4.69) is 5.32 Å². The van der Waals surface area contributed by atoms with Gasteiger partial charge in [0, 0.05) is 5.02 Å². The number of nitrogens with one attached hydrogen (secondary N) is 1. The quantitative estimate of drug-likeness (QED) is 0.831. The van der Waals surface area contributed by atoms with Crippen LogP contribution in [0.25, 0.3) is 0 Å². The van der Waals surface area contributed by atoms with E-state index >= 15 is 0 Å². The van der Waals surface area contributed by atoms with Gasteiger partial charge in [-0.25, -0.2) is 4.79 Å². The van der Waals surface area contributed by atoms with Crippen molar-refractivity contribution in [2.24, 2.45) is 0 Å². The molecule has 0 radical (unpaired) electrons. The third kappa shape index (κ3) is 9.71. The molecule has 0 aliphatic rings. The van der Waals surface area contributed by atoms with Crippen molar-refractivity contribution in [3.8, 4) is 5.75 Å². The molecule has 0 unspecified atom stereocenters. The van der Waals surface area contributed by atoms with Crippen LogP contribution in [0, 0.1) is 0 Å². The molecule has 2 N–H and O–H groups in total. The van der Waals surface area contributed by atoms with E-state index < -0.39 is 12.6 Å². The van der Waals surface area contributed by atoms with Gasteiger partial charge >= 0.3 is 35.5 Å². The minimum atomic E-state index is -1.05. The molecule has 0 aliphatic heterocycles. The second-order valence-electron chi connectivity index (χ2n) is 2.76. The van der Waals surface area contributed by atoms with Crippen LogP contribution in [0.4, 0.5) is 0 Å². The summed E-state index contributed by atoms with van der Waals surface area (Å²) >= 11 is 11.3. The molecule has 7 heteroatoms. The third-order valence-corrected chi connectivity index (χ3v) is 1.78. The Morgan fingerprint density at radius 2 is 1.94 bits per heavy atom. The molecule has 4 nitrogen and oxygen atoms in total. The number of aliphatic carboxylic acids is 1. The number of ether oxygens (including phenoxy) is 1. The van der Waals surface area contributed by atoms with Gasteiger partial charge in [0.1, 0.15) is 5.75 Å². The van der Waals surface area contributed by atoms with Crippen LogP contribution in [0.1, 0.15) is 0 Å². The van der Waals surface area contributed by atoms with Crippen LogP contribution >= 0.6 is 23.2 Å². The molecule has 1 aromatic rings. The third-order valence-electron chi connectivity index (χ3n) is 1.25. The first-order valence-corrected chi connectivity index (χ1v) is 5.15. The zero-order valence-electron chi connectivity index (χ0n) is 8.96. The Balaban J connectivity index is 0. The van der Waals surface area contributed by atoms with E-state index in [1.807, 2.05) is 14.1 Å². The summed E-state index contributed by atoms with van der Waals surface area (Å²) in [6.45, 7) is -0.415. The summed E-state index contributed by atoms with van der Waals surface area (Å²) in [6.07, 6.45) is 0. The molecule has 0 amide bonds. The van der Waals surface area contributed by atoms with Crippen molar-refractivity contribution in [2.75, 3.05) is 20.7 Å². The SMILES string of the molecule is CNC.O=C(O)COc1ccc(Cl)cc1Cl.[NaH]. The maximum atomic E-state index is 10.2. The van der Waals surface area contributed by atoms with Crippen LogP contribution in [-0.4, -0.2) is 61.3 Å². The van der Waals surface area contributed by atoms with Crippen molar-refractivity contribution in [1.82, 2.24) is 5.32 Å². The summed E-state index contributed by atoms with van der Waals surface area (Å²) in [7, 11) is 3.75. The summed E-state index contributed by atoms with van der Waals surface area (Å²) in [5.74, 6) is -0.737. The van der Waals surface area contributed by atoms with Crippen molar-refractivity contribution < 1.29 is 14.6 Å². The molecule has 0 heterocycles. The van der Waals surface area contributed by atoms with Crippen LogP contribution in [0.15, 0.2) is 18.2 Å². The van der Waals surface area contributed by atoms with Crippen molar-refractivity contribution in [3.05, 3.63) is 28.2 Å². The van der Waals surface area contributed by atoms with Crippen LogP contribution in [0.3, 0.4) is 0 Å². The Morgan fingerprint density at radius 3 is 2.35 bits per heavy atom. The van der Waals surface area contributed by atoms with Crippen molar-refractivity contribution in [1.29, 1.82) is 0 Å². The predicted molar refractivity (Wildman–Crippen MR) is 71.7 cm³/mol. The van der Waals surface area contributed by atoms with Gasteiger partial charge in [0.15, 0.2) is 6.61 Å². The first-order chi connectivity index (χ1) is 7.51. The summed E-state index contributed by atoms with van der Waals surface area (Å²) in [6, 6.07) is 4.58. The first kappa shape index (κ1) is 19.4. The summed E-state index contributed by atoms with van der Waals surface area (Å²) in [5.41, 5.74) is 0. The Bertz CT molecular complexity index is 350. The van der Waals surface area contributed by atoms with E-state index in [-0.39, 0.29) is 29.6 Å². The number of carboxylic acid groups (broad SMARTS) is 1. The number of rotatable bonds is 3. The van der Waals surface area contributed by atoms with Gasteiger partial charge in [0.25, 0.3) is 0 Å². The molecule has 0 atom stereocenters. The van der Waals surface area contributed by atoms with Gasteiger partial charge in [0.05, 0.1) is 5.02 Å². The zero-order valence-corrected chi connectivity index (χ0v) is 10.5. The number of carboxylic acids is 1. The summed E-state index contributed by atoms with van der Waals surface area (Å²) in [5, 5.41) is 11.9. The molecule has 0 aromatic heterocycles. The predicted octanol–water partition coefficient (Wildman–Crippen LogP) is 1.64. The minimum absolute atomic E-state index is 0. The normalized spacial score (nSPS) is 8.47. The summed E-state index contributed by atoms with van der Waals surface area (Å²) < 4.78 is 4.86. The number of hydrogen-bond donors (Lipinski definition) is 2. The fraction of sp³-hybridized carbons (Fsp3) is 0.300. The van der Waals surface area contributed by atoms with E-state index in [1.165, 1.54) is 12.1 Å². The molecule has 1 rings (SSSR count). The zero-order chi connectivity index (χ0) is 12.6. The molecular formula is C10H14Cl2NNaO3. The molecular weight excluding hydrogens is 276 g/mol. The molecule has 0 saturated carbocycles. The molecule has 0 saturated heterocycles. The van der Waals surface area contributed by atoms with E-state index in [9.17, 15) is 4.79 Å². The number of carbonyl (C=O) groups is 1. The van der Waals surface area contributed by atoms with Gasteiger partial charge in [0.2, 0.25) is 0 Å². The maximum absolute atomic E-state index is 10.2. The van der Waals surface area contributed by atoms with Crippen LogP contribution in [0.2, 0.25) is 10.0 Å². The molecule has 0 spiro atoms. The van der Waals surface area contributed by atoms with Gasteiger partial charge < -0.3 is 15.2 Å². The monoisotopic (exact) mass is 289 g/mol. The van der Waals surface area contributed by atoms with Gasteiger partial charge in [-0.3, -0.25) is 0 Å². The Kier molecular flexibility index (Phi) is 12.7. The van der Waals surface area contributed by atoms with Crippen molar-refractivity contribution in [3.63, 3.8) is 0 Å². The average molecular weight is 290 g/mol. The van der Waals surface area contributed by atoms with E-state index in [0.717, 1.165) is 0 Å².